The molecule has 0 saturated carbocycles. The third-order valence-electron chi connectivity index (χ3n) is 3.04. The number of thiazole rings is 1. The van der Waals surface area contributed by atoms with Crippen LogP contribution in [0.4, 0.5) is 0 Å². The number of aryl methyl sites for hydroxylation is 2. The summed E-state index contributed by atoms with van der Waals surface area (Å²) >= 11 is 3.52. The lowest BCUT2D eigenvalue weighted by molar-refractivity contribution is -0.613. The van der Waals surface area contributed by atoms with E-state index in [1.165, 1.54) is 9.77 Å². The monoisotopic (exact) mass is 280 g/mol. The lowest BCUT2D eigenvalue weighted by atomic mass is 10.2. The summed E-state index contributed by atoms with van der Waals surface area (Å²) in [5.41, 5.74) is 4.90. The highest BCUT2D eigenvalue weighted by Gasteiger charge is 2.09. The molecule has 0 radical (unpaired) electrons. The Morgan fingerprint density at radius 2 is 2.17 bits per heavy atom. The van der Waals surface area contributed by atoms with Crippen molar-refractivity contribution in [2.75, 3.05) is 5.75 Å². The van der Waals surface area contributed by atoms with E-state index < -0.39 is 0 Å². The van der Waals surface area contributed by atoms with Gasteiger partial charge in [0.1, 0.15) is 0 Å². The van der Waals surface area contributed by atoms with Crippen molar-refractivity contribution in [3.8, 4) is 0 Å². The molecule has 18 heavy (non-hydrogen) atoms. The largest absolute Gasteiger partial charge is 0.619 e. The van der Waals surface area contributed by atoms with E-state index in [0.717, 1.165) is 33.9 Å². The Balaban J connectivity index is 1.99. The maximum Gasteiger partial charge on any atom is 0.193 e. The fraction of sp³-hybridized carbons (Fsp3) is 0.385. The summed E-state index contributed by atoms with van der Waals surface area (Å²) in [6.45, 7) is 5.92. The number of aromatic nitrogens is 2. The van der Waals surface area contributed by atoms with Crippen molar-refractivity contribution in [2.45, 2.75) is 32.1 Å². The van der Waals surface area contributed by atoms with Gasteiger partial charge in [0, 0.05) is 34.1 Å². The van der Waals surface area contributed by atoms with Gasteiger partial charge >= 0.3 is 0 Å². The molecule has 3 nitrogen and oxygen atoms in total. The molecule has 0 atom stereocenters. The van der Waals surface area contributed by atoms with Crippen molar-refractivity contribution in [3.05, 3.63) is 44.8 Å². The van der Waals surface area contributed by atoms with Crippen LogP contribution in [-0.4, -0.2) is 10.7 Å². The van der Waals surface area contributed by atoms with Gasteiger partial charge in [-0.05, 0) is 20.3 Å². The van der Waals surface area contributed by atoms with Crippen molar-refractivity contribution in [2.24, 2.45) is 0 Å². The number of thioether (sulfide) groups is 1. The summed E-state index contributed by atoms with van der Waals surface area (Å²) in [6, 6.07) is 1.90. The predicted octanol–water partition coefficient (Wildman–Crippen LogP) is 3.04. The summed E-state index contributed by atoms with van der Waals surface area (Å²) in [4.78, 5) is 6.80. The summed E-state index contributed by atoms with van der Waals surface area (Å²) in [5, 5.41) is 11.4. The number of pyridine rings is 1. The fourth-order valence-electron chi connectivity index (χ4n) is 1.69. The van der Waals surface area contributed by atoms with Gasteiger partial charge in [-0.2, -0.15) is 4.73 Å². The Hall–Kier alpha value is -1.07. The van der Waals surface area contributed by atoms with Crippen LogP contribution in [0.5, 0.6) is 0 Å². The third-order valence-corrected chi connectivity index (χ3v) is 5.19. The summed E-state index contributed by atoms with van der Waals surface area (Å²) in [5.74, 6) is 1.02. The molecule has 0 bridgehead atoms. The molecule has 2 aromatic rings. The van der Waals surface area contributed by atoms with Crippen LogP contribution in [0.3, 0.4) is 0 Å². The second kappa shape index (κ2) is 5.71. The second-order valence-electron chi connectivity index (χ2n) is 4.18. The van der Waals surface area contributed by atoms with Crippen molar-refractivity contribution in [3.63, 3.8) is 0 Å². The van der Waals surface area contributed by atoms with Gasteiger partial charge in [-0.25, -0.2) is 4.98 Å². The van der Waals surface area contributed by atoms with Crippen molar-refractivity contribution >= 4 is 23.1 Å². The van der Waals surface area contributed by atoms with E-state index in [2.05, 4.69) is 11.9 Å². The van der Waals surface area contributed by atoms with E-state index in [1.807, 2.05) is 25.4 Å². The number of rotatable bonds is 4. The van der Waals surface area contributed by atoms with Crippen LogP contribution in [-0.2, 0) is 6.42 Å². The fourth-order valence-corrected chi connectivity index (χ4v) is 3.65. The van der Waals surface area contributed by atoms with Gasteiger partial charge in [-0.3, -0.25) is 0 Å². The summed E-state index contributed by atoms with van der Waals surface area (Å²) in [6.07, 6.45) is 2.62. The maximum atomic E-state index is 11.4. The van der Waals surface area contributed by atoms with Gasteiger partial charge in [0.15, 0.2) is 11.9 Å². The minimum atomic E-state index is 0.786. The van der Waals surface area contributed by atoms with Crippen LogP contribution in [0.1, 0.15) is 21.8 Å². The standard InChI is InChI=1S/C13H16N2OS2/c1-9-11(3)15(16)6-4-12(9)17-7-5-13-10(2)14-8-18-13/h4,6,8H,5,7H2,1-3H3. The Labute approximate surface area is 115 Å². The van der Waals surface area contributed by atoms with Crippen molar-refractivity contribution in [1.82, 2.24) is 4.98 Å². The minimum absolute atomic E-state index is 0.786. The lowest BCUT2D eigenvalue weighted by Crippen LogP contribution is -2.30. The molecule has 0 saturated heterocycles. The van der Waals surface area contributed by atoms with E-state index in [0.29, 0.717) is 0 Å². The molecule has 0 aliphatic carbocycles. The molecule has 0 amide bonds. The lowest BCUT2D eigenvalue weighted by Gasteiger charge is -2.08. The zero-order valence-electron chi connectivity index (χ0n) is 10.8. The highest BCUT2D eigenvalue weighted by Crippen LogP contribution is 2.24. The van der Waals surface area contributed by atoms with E-state index >= 15 is 0 Å². The zero-order chi connectivity index (χ0) is 13.1. The minimum Gasteiger partial charge on any atom is -0.619 e. The van der Waals surface area contributed by atoms with Crippen LogP contribution in [0.25, 0.3) is 0 Å². The van der Waals surface area contributed by atoms with Gasteiger partial charge in [0.2, 0.25) is 0 Å². The molecule has 0 unspecified atom stereocenters. The molecular formula is C13H16N2OS2. The van der Waals surface area contributed by atoms with Crippen LogP contribution < -0.4 is 4.73 Å². The SMILES string of the molecule is Cc1ncsc1CCSc1cc[n+]([O-])c(C)c1C. The van der Waals surface area contributed by atoms with Crippen molar-refractivity contribution < 1.29 is 4.73 Å². The first-order valence-corrected chi connectivity index (χ1v) is 7.67. The highest BCUT2D eigenvalue weighted by atomic mass is 32.2. The van der Waals surface area contributed by atoms with E-state index in [1.54, 1.807) is 29.3 Å². The van der Waals surface area contributed by atoms with Gasteiger partial charge in [0.25, 0.3) is 0 Å². The second-order valence-corrected chi connectivity index (χ2v) is 6.25. The Morgan fingerprint density at radius 3 is 2.83 bits per heavy atom. The third kappa shape index (κ3) is 2.84. The molecule has 2 rings (SSSR count). The molecule has 0 fully saturated rings. The van der Waals surface area contributed by atoms with Gasteiger partial charge in [0.05, 0.1) is 11.2 Å². The molecule has 0 N–H and O–H groups in total. The molecular weight excluding hydrogens is 264 g/mol. The molecule has 0 spiro atoms. The topological polar surface area (TPSA) is 39.8 Å². The molecule has 2 aromatic heterocycles. The zero-order valence-corrected chi connectivity index (χ0v) is 12.4. The molecule has 5 heteroatoms. The van der Waals surface area contributed by atoms with Crippen LogP contribution in [0.2, 0.25) is 0 Å². The number of hydrogen-bond acceptors (Lipinski definition) is 4. The van der Waals surface area contributed by atoms with Crippen LogP contribution >= 0.6 is 23.1 Å². The quantitative estimate of drug-likeness (QED) is 0.491. The number of hydrogen-bond donors (Lipinski definition) is 0. The molecule has 0 aromatic carbocycles. The first kappa shape index (κ1) is 13.4. The van der Waals surface area contributed by atoms with Crippen molar-refractivity contribution in [1.29, 1.82) is 0 Å². The van der Waals surface area contributed by atoms with Crippen LogP contribution in [0.15, 0.2) is 22.7 Å². The van der Waals surface area contributed by atoms with Crippen LogP contribution in [0, 0.1) is 26.0 Å². The Bertz CT molecular complexity index is 552. The molecule has 0 aliphatic heterocycles. The van der Waals surface area contributed by atoms with E-state index in [9.17, 15) is 5.21 Å². The highest BCUT2D eigenvalue weighted by molar-refractivity contribution is 7.99. The Morgan fingerprint density at radius 1 is 1.39 bits per heavy atom. The molecule has 96 valence electrons. The van der Waals surface area contributed by atoms with Gasteiger partial charge < -0.3 is 5.21 Å². The smallest absolute Gasteiger partial charge is 0.193 e. The van der Waals surface area contributed by atoms with E-state index in [4.69, 9.17) is 0 Å². The number of nitrogens with zero attached hydrogens (tertiary/aromatic N) is 2. The van der Waals surface area contributed by atoms with E-state index in [-0.39, 0.29) is 0 Å². The first-order chi connectivity index (χ1) is 8.59. The average Bonchev–Trinajstić information content (AvgIpc) is 2.75. The summed E-state index contributed by atoms with van der Waals surface area (Å²) < 4.78 is 0.923. The van der Waals surface area contributed by atoms with Gasteiger partial charge in [-0.15, -0.1) is 23.1 Å². The predicted molar refractivity (Wildman–Crippen MR) is 76.2 cm³/mol. The molecule has 2 heterocycles. The normalized spacial score (nSPS) is 10.8. The molecule has 0 aliphatic rings. The average molecular weight is 280 g/mol. The Kier molecular flexibility index (Phi) is 4.24. The summed E-state index contributed by atoms with van der Waals surface area (Å²) in [7, 11) is 0. The first-order valence-electron chi connectivity index (χ1n) is 5.80. The maximum absolute atomic E-state index is 11.4. The van der Waals surface area contributed by atoms with Gasteiger partial charge in [-0.1, -0.05) is 0 Å².